The van der Waals surface area contributed by atoms with Crippen LogP contribution in [-0.4, -0.2) is 37.9 Å². The number of ether oxygens (including phenoxy) is 1. The van der Waals surface area contributed by atoms with Crippen LogP contribution in [0.15, 0.2) is 24.3 Å². The summed E-state index contributed by atoms with van der Waals surface area (Å²) in [6.45, 7) is 2.76. The molecule has 1 heterocycles. The predicted molar refractivity (Wildman–Crippen MR) is 66.7 cm³/mol. The third-order valence-electron chi connectivity index (χ3n) is 2.49. The average Bonchev–Trinajstić information content (AvgIpc) is 2.86. The van der Waals surface area contributed by atoms with Crippen LogP contribution in [0.25, 0.3) is 11.4 Å². The zero-order valence-corrected chi connectivity index (χ0v) is 10.5. The van der Waals surface area contributed by atoms with E-state index in [1.165, 1.54) is 4.68 Å². The van der Waals surface area contributed by atoms with Gasteiger partial charge in [-0.15, -0.1) is 5.10 Å². The standard InChI is InChI=1S/C12H14N4O3/c1-2-19-10-5-3-9(4-6-10)12-13-14-15-16(12)8-7-11(17)18/h3-6H,2,7-8H2,1H3,(H,17,18). The van der Waals surface area contributed by atoms with Gasteiger partial charge in [-0.1, -0.05) is 0 Å². The Morgan fingerprint density at radius 3 is 2.74 bits per heavy atom. The Labute approximate surface area is 109 Å². The van der Waals surface area contributed by atoms with Gasteiger partial charge in [0.1, 0.15) is 5.75 Å². The van der Waals surface area contributed by atoms with Crippen LogP contribution in [-0.2, 0) is 11.3 Å². The molecule has 0 aliphatic carbocycles. The van der Waals surface area contributed by atoms with E-state index in [2.05, 4.69) is 15.5 Å². The van der Waals surface area contributed by atoms with Gasteiger partial charge >= 0.3 is 5.97 Å². The summed E-state index contributed by atoms with van der Waals surface area (Å²) in [4.78, 5) is 10.6. The van der Waals surface area contributed by atoms with Crippen LogP contribution in [0.2, 0.25) is 0 Å². The van der Waals surface area contributed by atoms with Crippen LogP contribution in [0, 0.1) is 0 Å². The van der Waals surface area contributed by atoms with Crippen molar-refractivity contribution >= 4 is 5.97 Å². The van der Waals surface area contributed by atoms with Crippen LogP contribution in [0.4, 0.5) is 0 Å². The molecule has 0 atom stereocenters. The largest absolute Gasteiger partial charge is 0.494 e. The van der Waals surface area contributed by atoms with E-state index in [0.717, 1.165) is 11.3 Å². The normalized spacial score (nSPS) is 10.4. The van der Waals surface area contributed by atoms with Gasteiger partial charge in [0.25, 0.3) is 0 Å². The van der Waals surface area contributed by atoms with Crippen LogP contribution in [0.5, 0.6) is 5.75 Å². The summed E-state index contributed by atoms with van der Waals surface area (Å²) in [6, 6.07) is 7.34. The number of rotatable bonds is 6. The molecule has 19 heavy (non-hydrogen) atoms. The number of carbonyl (C=O) groups is 1. The zero-order valence-electron chi connectivity index (χ0n) is 10.5. The molecule has 2 aromatic rings. The highest BCUT2D eigenvalue weighted by molar-refractivity contribution is 5.66. The lowest BCUT2D eigenvalue weighted by Crippen LogP contribution is -2.07. The van der Waals surface area contributed by atoms with Crippen molar-refractivity contribution < 1.29 is 14.6 Å². The van der Waals surface area contributed by atoms with E-state index < -0.39 is 5.97 Å². The van der Waals surface area contributed by atoms with Crippen molar-refractivity contribution in [3.05, 3.63) is 24.3 Å². The first-order valence-electron chi connectivity index (χ1n) is 5.92. The Balaban J connectivity index is 2.17. The van der Waals surface area contributed by atoms with Gasteiger partial charge in [-0.25, -0.2) is 4.68 Å². The number of nitrogens with zero attached hydrogens (tertiary/aromatic N) is 4. The molecule has 0 aliphatic heterocycles. The number of aromatic nitrogens is 4. The fourth-order valence-corrected chi connectivity index (χ4v) is 1.63. The minimum absolute atomic E-state index is 0.0188. The minimum Gasteiger partial charge on any atom is -0.494 e. The Hall–Kier alpha value is -2.44. The number of hydrogen-bond donors (Lipinski definition) is 1. The third kappa shape index (κ3) is 3.27. The summed E-state index contributed by atoms with van der Waals surface area (Å²) in [7, 11) is 0. The van der Waals surface area contributed by atoms with Crippen LogP contribution >= 0.6 is 0 Å². The first-order chi connectivity index (χ1) is 9.20. The molecule has 0 bridgehead atoms. The Morgan fingerprint density at radius 2 is 2.11 bits per heavy atom. The number of tetrazole rings is 1. The van der Waals surface area contributed by atoms with Crippen molar-refractivity contribution in [2.24, 2.45) is 0 Å². The summed E-state index contributed by atoms with van der Waals surface area (Å²) in [5.74, 6) is 0.438. The molecule has 0 saturated carbocycles. The fourth-order valence-electron chi connectivity index (χ4n) is 1.63. The van der Waals surface area contributed by atoms with Gasteiger partial charge < -0.3 is 9.84 Å². The molecule has 7 nitrogen and oxygen atoms in total. The second-order valence-electron chi connectivity index (χ2n) is 3.83. The third-order valence-corrected chi connectivity index (χ3v) is 2.49. The smallest absolute Gasteiger partial charge is 0.305 e. The van der Waals surface area contributed by atoms with Crippen LogP contribution in [0.3, 0.4) is 0 Å². The van der Waals surface area contributed by atoms with Gasteiger partial charge in [0, 0.05) is 5.56 Å². The summed E-state index contributed by atoms with van der Waals surface area (Å²) in [5, 5.41) is 19.9. The SMILES string of the molecule is CCOc1ccc(-c2nnnn2CCC(=O)O)cc1. The van der Waals surface area contributed by atoms with E-state index in [-0.39, 0.29) is 13.0 Å². The minimum atomic E-state index is -0.881. The van der Waals surface area contributed by atoms with Crippen LogP contribution < -0.4 is 4.74 Å². The zero-order chi connectivity index (χ0) is 13.7. The van der Waals surface area contributed by atoms with Crippen molar-refractivity contribution in [3.8, 4) is 17.1 Å². The van der Waals surface area contributed by atoms with Crippen molar-refractivity contribution in [1.29, 1.82) is 0 Å². The van der Waals surface area contributed by atoms with E-state index in [1.54, 1.807) is 0 Å². The summed E-state index contributed by atoms with van der Waals surface area (Å²) in [5.41, 5.74) is 0.818. The number of benzene rings is 1. The molecular weight excluding hydrogens is 248 g/mol. The topological polar surface area (TPSA) is 90.1 Å². The second kappa shape index (κ2) is 5.94. The molecule has 1 N–H and O–H groups in total. The van der Waals surface area contributed by atoms with Crippen LogP contribution in [0.1, 0.15) is 13.3 Å². The molecule has 1 aromatic carbocycles. The maximum Gasteiger partial charge on any atom is 0.305 e. The van der Waals surface area contributed by atoms with E-state index in [0.29, 0.717) is 12.4 Å². The van der Waals surface area contributed by atoms with Gasteiger partial charge in [0.05, 0.1) is 19.6 Å². The number of carboxylic acid groups (broad SMARTS) is 1. The number of aliphatic carboxylic acids is 1. The van der Waals surface area contributed by atoms with E-state index in [4.69, 9.17) is 9.84 Å². The first-order valence-corrected chi connectivity index (χ1v) is 5.92. The van der Waals surface area contributed by atoms with Crippen molar-refractivity contribution in [1.82, 2.24) is 20.2 Å². The van der Waals surface area contributed by atoms with E-state index in [9.17, 15) is 4.79 Å². The molecule has 0 amide bonds. The second-order valence-corrected chi connectivity index (χ2v) is 3.83. The van der Waals surface area contributed by atoms with Gasteiger partial charge in [-0.2, -0.15) is 0 Å². The fraction of sp³-hybridized carbons (Fsp3) is 0.333. The molecule has 2 rings (SSSR count). The quantitative estimate of drug-likeness (QED) is 0.841. The van der Waals surface area contributed by atoms with Gasteiger partial charge in [0.2, 0.25) is 0 Å². The summed E-state index contributed by atoms with van der Waals surface area (Å²) in [6.07, 6.45) is -0.0188. The predicted octanol–water partition coefficient (Wildman–Crippen LogP) is 1.21. The maximum absolute atomic E-state index is 10.6. The van der Waals surface area contributed by atoms with Gasteiger partial charge in [-0.3, -0.25) is 4.79 Å². The van der Waals surface area contributed by atoms with E-state index >= 15 is 0 Å². The first kappa shape index (κ1) is 13.0. The average molecular weight is 262 g/mol. The Kier molecular flexibility index (Phi) is 4.07. The molecule has 0 radical (unpaired) electrons. The number of hydrogen-bond acceptors (Lipinski definition) is 5. The molecule has 1 aromatic heterocycles. The lowest BCUT2D eigenvalue weighted by molar-refractivity contribution is -0.137. The van der Waals surface area contributed by atoms with Crippen molar-refractivity contribution in [2.75, 3.05) is 6.61 Å². The van der Waals surface area contributed by atoms with Crippen molar-refractivity contribution in [3.63, 3.8) is 0 Å². The van der Waals surface area contributed by atoms with Gasteiger partial charge in [0.15, 0.2) is 5.82 Å². The summed E-state index contributed by atoms with van der Waals surface area (Å²) >= 11 is 0. The Bertz CT molecular complexity index is 550. The highest BCUT2D eigenvalue weighted by Crippen LogP contribution is 2.20. The summed E-state index contributed by atoms with van der Waals surface area (Å²) < 4.78 is 6.83. The molecule has 100 valence electrons. The number of carboxylic acids is 1. The molecule has 0 unspecified atom stereocenters. The lowest BCUT2D eigenvalue weighted by Gasteiger charge is -2.05. The molecule has 0 fully saturated rings. The van der Waals surface area contributed by atoms with Crippen molar-refractivity contribution in [2.45, 2.75) is 19.9 Å². The highest BCUT2D eigenvalue weighted by atomic mass is 16.5. The molecule has 0 saturated heterocycles. The van der Waals surface area contributed by atoms with E-state index in [1.807, 2.05) is 31.2 Å². The molecule has 7 heteroatoms. The Morgan fingerprint density at radius 1 is 1.37 bits per heavy atom. The number of aryl methyl sites for hydroxylation is 1. The molecule has 0 spiro atoms. The van der Waals surface area contributed by atoms with Gasteiger partial charge in [-0.05, 0) is 41.6 Å². The molecular formula is C12H14N4O3. The monoisotopic (exact) mass is 262 g/mol. The highest BCUT2D eigenvalue weighted by Gasteiger charge is 2.10. The maximum atomic E-state index is 10.6. The molecule has 0 aliphatic rings. The lowest BCUT2D eigenvalue weighted by atomic mass is 10.2.